The number of hydrogen-bond acceptors (Lipinski definition) is 2. The molecule has 142 valence electrons. The summed E-state index contributed by atoms with van der Waals surface area (Å²) in [4.78, 5) is 12.4. The summed E-state index contributed by atoms with van der Waals surface area (Å²) in [6.45, 7) is 13.9. The van der Waals surface area contributed by atoms with Crippen LogP contribution in [0.15, 0.2) is 42.6 Å². The number of rotatable bonds is 3. The van der Waals surface area contributed by atoms with E-state index in [-0.39, 0.29) is 18.1 Å². The van der Waals surface area contributed by atoms with Crippen LogP contribution in [0.2, 0.25) is 19.8 Å². The van der Waals surface area contributed by atoms with Gasteiger partial charge in [-0.25, -0.2) is 0 Å². The molecular formula is C21H34BClN2Sn. The minimum absolute atomic E-state index is 0.0657. The van der Waals surface area contributed by atoms with Crippen molar-refractivity contribution in [2.75, 3.05) is 0 Å². The van der Waals surface area contributed by atoms with Crippen molar-refractivity contribution in [3.8, 4) is 0 Å². The molecule has 26 heavy (non-hydrogen) atoms. The van der Waals surface area contributed by atoms with E-state index in [0.29, 0.717) is 0 Å². The molecule has 0 spiro atoms. The zero-order valence-corrected chi connectivity index (χ0v) is 21.5. The molecule has 2 rings (SSSR count). The second-order valence-corrected chi connectivity index (χ2v) is 25.0. The normalized spacial score (nSPS) is 16.7. The van der Waals surface area contributed by atoms with Crippen LogP contribution in [-0.4, -0.2) is 46.1 Å². The molecule has 0 radical (unpaired) electrons. The van der Waals surface area contributed by atoms with Gasteiger partial charge in [0, 0.05) is 0 Å². The molecule has 0 saturated carbocycles. The Morgan fingerprint density at radius 2 is 1.31 bits per heavy atom. The Kier molecular flexibility index (Phi) is 6.24. The van der Waals surface area contributed by atoms with Gasteiger partial charge in [-0.05, 0) is 0 Å². The van der Waals surface area contributed by atoms with Gasteiger partial charge in [-0.2, -0.15) is 0 Å². The molecule has 0 aliphatic carbocycles. The summed E-state index contributed by atoms with van der Waals surface area (Å²) >= 11 is 3.77. The number of benzene rings is 1. The Morgan fingerprint density at radius 1 is 0.885 bits per heavy atom. The number of halogens is 1. The standard InChI is InChI=1S/C18H25BClN2.3CH3.Sn/c1-17(2,3)21-13-14-22(18(4,5)6)19(21)12-11-15-7-9-16(20)10-8-15;;;;/h7-10,12-14H,1-6H3;3*1H3;. The minimum atomic E-state index is -2.36. The fraction of sp³-hybridized carbons (Fsp3) is 0.524. The zero-order chi connectivity index (χ0) is 19.9. The van der Waals surface area contributed by atoms with Crippen LogP contribution in [0.4, 0.5) is 0 Å². The summed E-state index contributed by atoms with van der Waals surface area (Å²) in [6, 6.07) is 8.39. The van der Waals surface area contributed by atoms with Gasteiger partial charge >= 0.3 is 171 Å². The van der Waals surface area contributed by atoms with Gasteiger partial charge in [-0.15, -0.1) is 0 Å². The summed E-state index contributed by atoms with van der Waals surface area (Å²) < 4.78 is 1.55. The fourth-order valence-corrected chi connectivity index (χ4v) is 8.34. The second-order valence-electron chi connectivity index (χ2n) is 10.2. The number of nitrogens with zero attached hydrogens (tertiary/aromatic N) is 2. The molecule has 0 bridgehead atoms. The van der Waals surface area contributed by atoms with Crippen molar-refractivity contribution < 1.29 is 0 Å². The molecule has 0 unspecified atom stereocenters. The van der Waals surface area contributed by atoms with E-state index in [1.165, 1.54) is 5.56 Å². The Labute approximate surface area is 170 Å². The van der Waals surface area contributed by atoms with E-state index in [1.807, 2.05) is 12.1 Å². The molecule has 1 aromatic rings. The molecule has 5 heteroatoms. The molecule has 0 amide bonds. The van der Waals surface area contributed by atoms with Crippen molar-refractivity contribution in [2.24, 2.45) is 0 Å². The molecule has 1 heterocycles. The molecule has 1 aromatic carbocycles. The molecule has 0 atom stereocenters. The summed E-state index contributed by atoms with van der Waals surface area (Å²) in [7, 11) is 0. The monoisotopic (exact) mass is 480 g/mol. The summed E-state index contributed by atoms with van der Waals surface area (Å²) in [6.07, 6.45) is 4.51. The van der Waals surface area contributed by atoms with Crippen LogP contribution in [0.1, 0.15) is 47.1 Å². The summed E-state index contributed by atoms with van der Waals surface area (Å²) in [5.74, 6) is 2.52. The average molecular weight is 479 g/mol. The van der Waals surface area contributed by atoms with Crippen molar-refractivity contribution in [3.63, 3.8) is 0 Å². The van der Waals surface area contributed by atoms with Crippen molar-refractivity contribution in [1.29, 1.82) is 0 Å². The molecule has 1 aliphatic rings. The second kappa shape index (κ2) is 7.46. The first kappa shape index (κ1) is 21.8. The van der Waals surface area contributed by atoms with Crippen LogP contribution in [0.5, 0.6) is 0 Å². The Morgan fingerprint density at radius 3 is 1.65 bits per heavy atom. The first-order valence-corrected chi connectivity index (χ1v) is 19.8. The van der Waals surface area contributed by atoms with Crippen LogP contribution in [0, 0.1) is 0 Å². The van der Waals surface area contributed by atoms with E-state index >= 15 is 0 Å². The van der Waals surface area contributed by atoms with Gasteiger partial charge in [-0.1, -0.05) is 0 Å². The molecule has 0 fully saturated rings. The topological polar surface area (TPSA) is 6.48 Å². The first-order chi connectivity index (χ1) is 11.7. The Balaban J connectivity index is 2.58. The third kappa shape index (κ3) is 5.04. The maximum absolute atomic E-state index is 6.14. The number of hydrogen-bond donors (Lipinski definition) is 0. The predicted molar refractivity (Wildman–Crippen MR) is 121 cm³/mol. The third-order valence-corrected chi connectivity index (χ3v) is 10.9. The van der Waals surface area contributed by atoms with Gasteiger partial charge < -0.3 is 0 Å². The third-order valence-electron chi connectivity index (χ3n) is 4.79. The Hall–Kier alpha value is -0.546. The van der Waals surface area contributed by atoms with Crippen LogP contribution < -0.4 is 0 Å². The fourth-order valence-electron chi connectivity index (χ4n) is 3.41. The zero-order valence-electron chi connectivity index (χ0n) is 17.9. The summed E-state index contributed by atoms with van der Waals surface area (Å²) in [5, 5.41) is 0.798. The van der Waals surface area contributed by atoms with Gasteiger partial charge in [0.2, 0.25) is 0 Å². The molecule has 0 saturated heterocycles. The van der Waals surface area contributed by atoms with Crippen molar-refractivity contribution >= 4 is 40.5 Å². The van der Waals surface area contributed by atoms with Crippen LogP contribution in [-0.2, 0) is 0 Å². The van der Waals surface area contributed by atoms with Crippen LogP contribution in [0.3, 0.4) is 0 Å². The van der Waals surface area contributed by atoms with Gasteiger partial charge in [0.25, 0.3) is 0 Å². The van der Waals surface area contributed by atoms with E-state index in [1.54, 1.807) is 3.59 Å². The van der Waals surface area contributed by atoms with E-state index in [2.05, 4.69) is 96.5 Å². The van der Waals surface area contributed by atoms with Crippen molar-refractivity contribution in [1.82, 2.24) is 9.62 Å². The molecule has 0 aromatic heterocycles. The van der Waals surface area contributed by atoms with Gasteiger partial charge in [0.1, 0.15) is 0 Å². The predicted octanol–water partition coefficient (Wildman–Crippen LogP) is 6.31. The first-order valence-electron chi connectivity index (χ1n) is 9.45. The van der Waals surface area contributed by atoms with Crippen molar-refractivity contribution in [3.05, 3.63) is 53.2 Å². The maximum atomic E-state index is 6.14. The molecular weight excluding hydrogens is 445 g/mol. The average Bonchev–Trinajstić information content (AvgIpc) is 2.88. The molecule has 2 nitrogen and oxygen atoms in total. The van der Waals surface area contributed by atoms with E-state index in [4.69, 9.17) is 11.6 Å². The van der Waals surface area contributed by atoms with Gasteiger partial charge in [-0.3, -0.25) is 0 Å². The van der Waals surface area contributed by atoms with Gasteiger partial charge in [0.15, 0.2) is 0 Å². The van der Waals surface area contributed by atoms with E-state index < -0.39 is 18.4 Å². The quantitative estimate of drug-likeness (QED) is 0.469. The van der Waals surface area contributed by atoms with Crippen LogP contribution >= 0.6 is 11.6 Å². The van der Waals surface area contributed by atoms with Crippen molar-refractivity contribution in [2.45, 2.75) is 67.4 Å². The summed E-state index contributed by atoms with van der Waals surface area (Å²) in [5.41, 5.74) is 1.46. The van der Waals surface area contributed by atoms with Gasteiger partial charge in [0.05, 0.1) is 0 Å². The SMILES string of the molecule is CC(C)(C)N1C=CN(C(C)(C)C)B1/C=[C](/c1ccc(Cl)cc1)[Sn]([CH3])([CH3])[CH3]. The Bertz CT molecular complexity index is 667. The van der Waals surface area contributed by atoms with E-state index in [9.17, 15) is 0 Å². The molecule has 0 N–H and O–H groups in total. The van der Waals surface area contributed by atoms with Crippen LogP contribution in [0.25, 0.3) is 3.59 Å². The van der Waals surface area contributed by atoms with E-state index in [0.717, 1.165) is 5.02 Å². The molecule has 1 aliphatic heterocycles.